The Labute approximate surface area is 112 Å². The average Bonchev–Trinajstić information content (AvgIpc) is 2.82. The fourth-order valence-corrected chi connectivity index (χ4v) is 2.22. The molecule has 0 aromatic heterocycles. The third kappa shape index (κ3) is 6.27. The highest BCUT2D eigenvalue weighted by Crippen LogP contribution is 2.11. The van der Waals surface area contributed by atoms with Crippen LogP contribution in [0.15, 0.2) is 0 Å². The topological polar surface area (TPSA) is 41.1 Å². The van der Waals surface area contributed by atoms with Gasteiger partial charge in [-0.15, -0.1) is 12.4 Å². The van der Waals surface area contributed by atoms with Gasteiger partial charge in [-0.25, -0.2) is 0 Å². The first-order chi connectivity index (χ1) is 7.77. The maximum Gasteiger partial charge on any atom is 0.237 e. The van der Waals surface area contributed by atoms with Crippen LogP contribution in [0.25, 0.3) is 0 Å². The molecule has 1 aliphatic rings. The van der Waals surface area contributed by atoms with Gasteiger partial charge in [0.05, 0.1) is 6.04 Å². The molecule has 1 heterocycles. The van der Waals surface area contributed by atoms with Crippen LogP contribution in [0.5, 0.6) is 0 Å². The molecular weight excluding hydrogens is 236 g/mol. The SMILES string of the molecule is CCCCC(CC)CNC(=O)C1CCCN1.Cl. The van der Waals surface area contributed by atoms with Crippen LogP contribution in [-0.2, 0) is 4.79 Å². The summed E-state index contributed by atoms with van der Waals surface area (Å²) in [4.78, 5) is 11.8. The Balaban J connectivity index is 0.00000256. The van der Waals surface area contributed by atoms with E-state index in [4.69, 9.17) is 0 Å². The molecule has 17 heavy (non-hydrogen) atoms. The van der Waals surface area contributed by atoms with Crippen molar-refractivity contribution in [3.05, 3.63) is 0 Å². The van der Waals surface area contributed by atoms with Gasteiger partial charge in [-0.2, -0.15) is 0 Å². The first kappa shape index (κ1) is 16.7. The van der Waals surface area contributed by atoms with Gasteiger partial charge < -0.3 is 10.6 Å². The fraction of sp³-hybridized carbons (Fsp3) is 0.923. The van der Waals surface area contributed by atoms with E-state index in [2.05, 4.69) is 24.5 Å². The van der Waals surface area contributed by atoms with E-state index in [1.807, 2.05) is 0 Å². The molecule has 1 aliphatic heterocycles. The van der Waals surface area contributed by atoms with Crippen molar-refractivity contribution in [2.24, 2.45) is 5.92 Å². The van der Waals surface area contributed by atoms with E-state index in [1.165, 1.54) is 25.7 Å². The molecule has 2 atom stereocenters. The molecule has 3 nitrogen and oxygen atoms in total. The lowest BCUT2D eigenvalue weighted by Crippen LogP contribution is -2.42. The average molecular weight is 263 g/mol. The van der Waals surface area contributed by atoms with E-state index in [0.717, 1.165) is 25.9 Å². The smallest absolute Gasteiger partial charge is 0.237 e. The second-order valence-electron chi connectivity index (χ2n) is 4.81. The largest absolute Gasteiger partial charge is 0.354 e. The lowest BCUT2D eigenvalue weighted by Gasteiger charge is -2.17. The molecule has 0 aromatic carbocycles. The van der Waals surface area contributed by atoms with Gasteiger partial charge in [0.1, 0.15) is 0 Å². The fourth-order valence-electron chi connectivity index (χ4n) is 2.22. The number of nitrogens with one attached hydrogen (secondary N) is 2. The van der Waals surface area contributed by atoms with Crippen molar-refractivity contribution >= 4 is 18.3 Å². The Morgan fingerprint density at radius 2 is 2.24 bits per heavy atom. The van der Waals surface area contributed by atoms with E-state index < -0.39 is 0 Å². The number of unbranched alkanes of at least 4 members (excludes halogenated alkanes) is 1. The summed E-state index contributed by atoms with van der Waals surface area (Å²) in [5.74, 6) is 0.859. The summed E-state index contributed by atoms with van der Waals surface area (Å²) in [5.41, 5.74) is 0. The summed E-state index contributed by atoms with van der Waals surface area (Å²) in [5, 5.41) is 6.31. The molecule has 2 unspecified atom stereocenters. The highest BCUT2D eigenvalue weighted by Gasteiger charge is 2.21. The third-order valence-electron chi connectivity index (χ3n) is 3.49. The first-order valence-corrected chi connectivity index (χ1v) is 6.79. The van der Waals surface area contributed by atoms with Crippen LogP contribution < -0.4 is 10.6 Å². The third-order valence-corrected chi connectivity index (χ3v) is 3.49. The van der Waals surface area contributed by atoms with Gasteiger partial charge >= 0.3 is 0 Å². The zero-order chi connectivity index (χ0) is 11.8. The molecular formula is C13H27ClN2O. The Morgan fingerprint density at radius 3 is 2.76 bits per heavy atom. The Morgan fingerprint density at radius 1 is 1.47 bits per heavy atom. The minimum absolute atomic E-state index is 0. The number of amides is 1. The van der Waals surface area contributed by atoms with Crippen molar-refractivity contribution in [2.75, 3.05) is 13.1 Å². The Kier molecular flexibility index (Phi) is 9.56. The second-order valence-corrected chi connectivity index (χ2v) is 4.81. The van der Waals surface area contributed by atoms with Crippen molar-refractivity contribution in [3.63, 3.8) is 0 Å². The van der Waals surface area contributed by atoms with E-state index in [-0.39, 0.29) is 24.4 Å². The van der Waals surface area contributed by atoms with E-state index in [9.17, 15) is 4.79 Å². The molecule has 1 rings (SSSR count). The van der Waals surface area contributed by atoms with Gasteiger partial charge in [-0.05, 0) is 31.7 Å². The maximum absolute atomic E-state index is 11.8. The van der Waals surface area contributed by atoms with E-state index in [0.29, 0.717) is 5.92 Å². The van der Waals surface area contributed by atoms with Gasteiger partial charge in [0.15, 0.2) is 0 Å². The number of hydrogen-bond acceptors (Lipinski definition) is 2. The first-order valence-electron chi connectivity index (χ1n) is 6.79. The molecule has 0 radical (unpaired) electrons. The summed E-state index contributed by atoms with van der Waals surface area (Å²) >= 11 is 0. The molecule has 102 valence electrons. The van der Waals surface area contributed by atoms with Gasteiger partial charge in [-0.1, -0.05) is 33.1 Å². The predicted molar refractivity (Wildman–Crippen MR) is 74.6 cm³/mol. The van der Waals surface area contributed by atoms with E-state index >= 15 is 0 Å². The van der Waals surface area contributed by atoms with Crippen LogP contribution in [-0.4, -0.2) is 25.0 Å². The molecule has 1 amide bonds. The zero-order valence-corrected chi connectivity index (χ0v) is 11.9. The zero-order valence-electron chi connectivity index (χ0n) is 11.1. The standard InChI is InChI=1S/C13H26N2O.ClH/c1-3-5-7-11(4-2)10-15-13(16)12-8-6-9-14-12;/h11-12,14H,3-10H2,1-2H3,(H,15,16);1H. The molecule has 0 aromatic rings. The lowest BCUT2D eigenvalue weighted by atomic mass is 9.99. The van der Waals surface area contributed by atoms with Crippen LogP contribution in [0.3, 0.4) is 0 Å². The van der Waals surface area contributed by atoms with Crippen molar-refractivity contribution in [2.45, 2.75) is 58.4 Å². The van der Waals surface area contributed by atoms with E-state index in [1.54, 1.807) is 0 Å². The van der Waals surface area contributed by atoms with Crippen LogP contribution in [0, 0.1) is 5.92 Å². The highest BCUT2D eigenvalue weighted by molar-refractivity contribution is 5.85. The van der Waals surface area contributed by atoms with Crippen molar-refractivity contribution in [1.29, 1.82) is 0 Å². The van der Waals surface area contributed by atoms with Crippen molar-refractivity contribution in [1.82, 2.24) is 10.6 Å². The normalized spacial score (nSPS) is 20.7. The number of halogens is 1. The minimum Gasteiger partial charge on any atom is -0.354 e. The minimum atomic E-state index is 0. The summed E-state index contributed by atoms with van der Waals surface area (Å²) in [6, 6.07) is 0.0729. The Hall–Kier alpha value is -0.280. The summed E-state index contributed by atoms with van der Waals surface area (Å²) < 4.78 is 0. The number of rotatable bonds is 7. The monoisotopic (exact) mass is 262 g/mol. The summed E-state index contributed by atoms with van der Waals surface area (Å²) in [6.45, 7) is 6.27. The van der Waals surface area contributed by atoms with Crippen molar-refractivity contribution < 1.29 is 4.79 Å². The summed E-state index contributed by atoms with van der Waals surface area (Å²) in [7, 11) is 0. The number of carbonyl (C=O) groups excluding carboxylic acids is 1. The lowest BCUT2D eigenvalue weighted by molar-refractivity contribution is -0.123. The molecule has 1 fully saturated rings. The van der Waals surface area contributed by atoms with Crippen LogP contribution in [0.4, 0.5) is 0 Å². The maximum atomic E-state index is 11.8. The highest BCUT2D eigenvalue weighted by atomic mass is 35.5. The molecule has 0 aliphatic carbocycles. The Bertz CT molecular complexity index is 206. The molecule has 0 bridgehead atoms. The van der Waals surface area contributed by atoms with Gasteiger partial charge in [-0.3, -0.25) is 4.79 Å². The van der Waals surface area contributed by atoms with Crippen LogP contribution in [0.2, 0.25) is 0 Å². The molecule has 4 heteroatoms. The van der Waals surface area contributed by atoms with Crippen LogP contribution >= 0.6 is 12.4 Å². The second kappa shape index (κ2) is 9.72. The molecule has 0 saturated carbocycles. The molecule has 0 spiro atoms. The van der Waals surface area contributed by atoms with Gasteiger partial charge in [0, 0.05) is 6.54 Å². The molecule has 2 N–H and O–H groups in total. The number of carbonyl (C=O) groups is 1. The van der Waals surface area contributed by atoms with Crippen molar-refractivity contribution in [3.8, 4) is 0 Å². The quantitative estimate of drug-likeness (QED) is 0.740. The van der Waals surface area contributed by atoms with Gasteiger partial charge in [0.2, 0.25) is 5.91 Å². The summed E-state index contributed by atoms with van der Waals surface area (Å²) in [6.07, 6.45) is 7.05. The van der Waals surface area contributed by atoms with Crippen LogP contribution in [0.1, 0.15) is 52.4 Å². The molecule has 1 saturated heterocycles. The predicted octanol–water partition coefficient (Wildman–Crippen LogP) is 2.49. The number of hydrogen-bond donors (Lipinski definition) is 2. The van der Waals surface area contributed by atoms with Gasteiger partial charge in [0.25, 0.3) is 0 Å².